The highest BCUT2D eigenvalue weighted by Gasteiger charge is 2.28. The fourth-order valence-corrected chi connectivity index (χ4v) is 5.28. The van der Waals surface area contributed by atoms with E-state index in [0.29, 0.717) is 12.6 Å². The Balaban J connectivity index is 1.18. The van der Waals surface area contributed by atoms with Crippen LogP contribution in [0.25, 0.3) is 11.1 Å². The maximum absolute atomic E-state index is 11.1. The number of nitrogens with one attached hydrogen (secondary N) is 1. The zero-order valence-corrected chi connectivity index (χ0v) is 20.9. The molecule has 0 spiro atoms. The fourth-order valence-electron chi connectivity index (χ4n) is 5.28. The maximum Gasteiger partial charge on any atom is 0.120 e. The van der Waals surface area contributed by atoms with E-state index >= 15 is 0 Å². The van der Waals surface area contributed by atoms with Crippen molar-refractivity contribution in [2.45, 2.75) is 44.9 Å². The van der Waals surface area contributed by atoms with Crippen LogP contribution in [-0.4, -0.2) is 11.7 Å². The highest BCUT2D eigenvalue weighted by molar-refractivity contribution is 5.67. The second-order valence-corrected chi connectivity index (χ2v) is 9.79. The summed E-state index contributed by atoms with van der Waals surface area (Å²) in [5.41, 5.74) is 7.12. The molecule has 5 rings (SSSR count). The Labute approximate surface area is 214 Å². The Morgan fingerprint density at radius 3 is 2.42 bits per heavy atom. The van der Waals surface area contributed by atoms with E-state index in [9.17, 15) is 5.11 Å². The maximum atomic E-state index is 11.1. The molecule has 3 nitrogen and oxygen atoms in total. The van der Waals surface area contributed by atoms with Gasteiger partial charge in [0, 0.05) is 6.04 Å². The van der Waals surface area contributed by atoms with Gasteiger partial charge in [0.25, 0.3) is 0 Å². The third kappa shape index (κ3) is 5.70. The highest BCUT2D eigenvalue weighted by Crippen LogP contribution is 2.38. The lowest BCUT2D eigenvalue weighted by atomic mass is 9.80. The molecule has 36 heavy (non-hydrogen) atoms. The van der Waals surface area contributed by atoms with Crippen molar-refractivity contribution in [3.8, 4) is 16.9 Å². The molecule has 2 N–H and O–H groups in total. The summed E-state index contributed by atoms with van der Waals surface area (Å²) in [4.78, 5) is 0. The van der Waals surface area contributed by atoms with Gasteiger partial charge in [0.05, 0.1) is 6.10 Å². The van der Waals surface area contributed by atoms with Crippen LogP contribution >= 0.6 is 0 Å². The van der Waals surface area contributed by atoms with Crippen LogP contribution in [0.1, 0.15) is 54.2 Å². The van der Waals surface area contributed by atoms with Crippen LogP contribution in [0.5, 0.6) is 5.75 Å². The van der Waals surface area contributed by atoms with E-state index in [1.54, 1.807) is 0 Å². The second-order valence-electron chi connectivity index (χ2n) is 9.79. The van der Waals surface area contributed by atoms with Crippen LogP contribution < -0.4 is 10.1 Å². The molecule has 0 bridgehead atoms. The van der Waals surface area contributed by atoms with Crippen LogP contribution in [0, 0.1) is 5.92 Å². The minimum atomic E-state index is -0.421. The van der Waals surface area contributed by atoms with Crippen molar-refractivity contribution in [3.05, 3.63) is 125 Å². The lowest BCUT2D eigenvalue weighted by Crippen LogP contribution is -2.26. The molecule has 184 valence electrons. The molecule has 1 aliphatic rings. The van der Waals surface area contributed by atoms with Gasteiger partial charge < -0.3 is 15.2 Å². The molecule has 0 amide bonds. The predicted molar refractivity (Wildman–Crippen MR) is 147 cm³/mol. The summed E-state index contributed by atoms with van der Waals surface area (Å²) in [5, 5.41) is 14.7. The number of hydrogen-bond donors (Lipinski definition) is 2. The molecule has 0 saturated heterocycles. The van der Waals surface area contributed by atoms with E-state index in [-0.39, 0.29) is 5.92 Å². The number of ether oxygens (including phenoxy) is 1. The van der Waals surface area contributed by atoms with Crippen LogP contribution in [0.4, 0.5) is 0 Å². The van der Waals surface area contributed by atoms with Gasteiger partial charge >= 0.3 is 0 Å². The van der Waals surface area contributed by atoms with E-state index in [4.69, 9.17) is 4.74 Å². The molecule has 0 heterocycles. The van der Waals surface area contributed by atoms with Gasteiger partial charge in [0.15, 0.2) is 0 Å². The van der Waals surface area contributed by atoms with Crippen molar-refractivity contribution < 1.29 is 9.84 Å². The first-order valence-corrected chi connectivity index (χ1v) is 13.0. The van der Waals surface area contributed by atoms with Gasteiger partial charge in [-0.2, -0.15) is 0 Å². The predicted octanol–water partition coefficient (Wildman–Crippen LogP) is 7.27. The highest BCUT2D eigenvalue weighted by atomic mass is 16.5. The van der Waals surface area contributed by atoms with Gasteiger partial charge in [-0.05, 0) is 84.2 Å². The average Bonchev–Trinajstić information content (AvgIpc) is 2.94. The van der Waals surface area contributed by atoms with E-state index in [1.807, 2.05) is 18.2 Å². The molecule has 0 aromatic heterocycles. The van der Waals surface area contributed by atoms with Crippen LogP contribution in [0.15, 0.2) is 103 Å². The Bertz CT molecular complexity index is 1260. The first-order valence-electron chi connectivity index (χ1n) is 13.0. The smallest absolute Gasteiger partial charge is 0.120 e. The quantitative estimate of drug-likeness (QED) is 0.266. The van der Waals surface area contributed by atoms with Crippen molar-refractivity contribution in [2.75, 3.05) is 6.54 Å². The van der Waals surface area contributed by atoms with Crippen molar-refractivity contribution in [2.24, 2.45) is 5.92 Å². The van der Waals surface area contributed by atoms with Gasteiger partial charge in [-0.15, -0.1) is 0 Å². The SMILES string of the molecule is C[C@@H](NCC[C@H]1CCc2cc(OCc3ccccc3-c3ccccc3)ccc2[C@H]1O)c1ccccc1. The molecule has 0 fully saturated rings. The third-order valence-electron chi connectivity index (χ3n) is 7.43. The first kappa shape index (κ1) is 24.3. The molecule has 1 aliphatic carbocycles. The number of benzene rings is 4. The van der Waals surface area contributed by atoms with Gasteiger partial charge in [-0.1, -0.05) is 91.0 Å². The number of fused-ring (bicyclic) bond motifs is 1. The third-order valence-corrected chi connectivity index (χ3v) is 7.43. The molecule has 0 radical (unpaired) electrons. The topological polar surface area (TPSA) is 41.5 Å². The van der Waals surface area contributed by atoms with Crippen LogP contribution in [0.3, 0.4) is 0 Å². The summed E-state index contributed by atoms with van der Waals surface area (Å²) in [5.74, 6) is 1.14. The first-order chi connectivity index (χ1) is 17.7. The molecule has 4 aromatic carbocycles. The molecule has 0 aliphatic heterocycles. The van der Waals surface area contributed by atoms with Crippen LogP contribution in [0.2, 0.25) is 0 Å². The monoisotopic (exact) mass is 477 g/mol. The number of rotatable bonds is 9. The normalized spacial score (nSPS) is 17.8. The molecule has 0 unspecified atom stereocenters. The minimum absolute atomic E-state index is 0.275. The number of aliphatic hydroxyl groups excluding tert-OH is 1. The lowest BCUT2D eigenvalue weighted by Gasteiger charge is -2.31. The van der Waals surface area contributed by atoms with Crippen molar-refractivity contribution in [1.29, 1.82) is 0 Å². The summed E-state index contributed by atoms with van der Waals surface area (Å²) in [6, 6.07) is 35.8. The zero-order valence-electron chi connectivity index (χ0n) is 20.9. The Morgan fingerprint density at radius 2 is 1.61 bits per heavy atom. The Hall–Kier alpha value is -3.40. The van der Waals surface area contributed by atoms with Gasteiger partial charge in [-0.3, -0.25) is 0 Å². The fraction of sp³-hybridized carbons (Fsp3) is 0.273. The van der Waals surface area contributed by atoms with Crippen molar-refractivity contribution >= 4 is 0 Å². The molecule has 0 saturated carbocycles. The molecule has 3 atom stereocenters. The molecule has 3 heteroatoms. The van der Waals surface area contributed by atoms with E-state index in [0.717, 1.165) is 37.1 Å². The largest absolute Gasteiger partial charge is 0.489 e. The van der Waals surface area contributed by atoms with Gasteiger partial charge in [-0.25, -0.2) is 0 Å². The Morgan fingerprint density at radius 1 is 0.889 bits per heavy atom. The van der Waals surface area contributed by atoms with Crippen molar-refractivity contribution in [3.63, 3.8) is 0 Å². The summed E-state index contributed by atoms with van der Waals surface area (Å²) in [6.07, 6.45) is 2.51. The summed E-state index contributed by atoms with van der Waals surface area (Å²) >= 11 is 0. The van der Waals surface area contributed by atoms with Crippen molar-refractivity contribution in [1.82, 2.24) is 5.32 Å². The molecule has 4 aromatic rings. The molecular weight excluding hydrogens is 442 g/mol. The standard InChI is InChI=1S/C33H35NO2/c1-24(25-10-4-2-5-11-25)34-21-20-27-16-17-28-22-30(18-19-32(28)33(27)35)36-23-29-14-8-9-15-31(29)26-12-6-3-7-13-26/h2-15,18-19,22,24,27,33-35H,16-17,20-21,23H2,1H3/t24-,27-,33+/m1/s1. The van der Waals surface area contributed by atoms with Gasteiger partial charge in [0.2, 0.25) is 0 Å². The van der Waals surface area contributed by atoms with Crippen LogP contribution in [-0.2, 0) is 13.0 Å². The Kier molecular flexibility index (Phi) is 7.80. The van der Waals surface area contributed by atoms with E-state index in [1.165, 1.54) is 27.8 Å². The number of hydrogen-bond acceptors (Lipinski definition) is 3. The summed E-state index contributed by atoms with van der Waals surface area (Å²) < 4.78 is 6.22. The second kappa shape index (κ2) is 11.6. The zero-order chi connectivity index (χ0) is 24.7. The number of aryl methyl sites for hydroxylation is 1. The lowest BCUT2D eigenvalue weighted by molar-refractivity contribution is 0.0879. The summed E-state index contributed by atoms with van der Waals surface area (Å²) in [6.45, 7) is 3.61. The average molecular weight is 478 g/mol. The number of aliphatic hydroxyl groups is 1. The minimum Gasteiger partial charge on any atom is -0.489 e. The summed E-state index contributed by atoms with van der Waals surface area (Å²) in [7, 11) is 0. The van der Waals surface area contributed by atoms with E-state index in [2.05, 4.69) is 97.2 Å². The van der Waals surface area contributed by atoms with E-state index < -0.39 is 6.10 Å². The molecular formula is C33H35NO2. The van der Waals surface area contributed by atoms with Gasteiger partial charge in [0.1, 0.15) is 12.4 Å².